The van der Waals surface area contributed by atoms with E-state index in [2.05, 4.69) is 11.8 Å². The quantitative estimate of drug-likeness (QED) is 0.820. The van der Waals surface area contributed by atoms with E-state index in [1.807, 2.05) is 0 Å². The average molecular weight is 286 g/mol. The third kappa shape index (κ3) is 5.28. The molecule has 1 rings (SSSR count). The molecule has 0 amide bonds. The van der Waals surface area contributed by atoms with Gasteiger partial charge >= 0.3 is 0 Å². The summed E-state index contributed by atoms with van der Waals surface area (Å²) in [5, 5.41) is 8.62. The number of aliphatic hydroxyl groups excluding tert-OH is 1. The van der Waals surface area contributed by atoms with E-state index in [0.29, 0.717) is 5.56 Å². The molecule has 0 aromatic heterocycles. The highest BCUT2D eigenvalue weighted by molar-refractivity contribution is 7.91. The van der Waals surface area contributed by atoms with Gasteiger partial charge in [0.2, 0.25) is 0 Å². The molecular formula is C13H15FO4S. The highest BCUT2D eigenvalue weighted by Crippen LogP contribution is 2.19. The van der Waals surface area contributed by atoms with Crippen molar-refractivity contribution >= 4 is 9.84 Å². The predicted octanol–water partition coefficient (Wildman–Crippen LogP) is 0.983. The van der Waals surface area contributed by atoms with Gasteiger partial charge in [0.15, 0.2) is 9.84 Å². The van der Waals surface area contributed by atoms with E-state index in [-0.39, 0.29) is 30.5 Å². The topological polar surface area (TPSA) is 63.6 Å². The summed E-state index contributed by atoms with van der Waals surface area (Å²) in [5.74, 6) is 4.62. The van der Waals surface area contributed by atoms with E-state index in [1.54, 1.807) is 6.92 Å². The number of ether oxygens (including phenoxy) is 1. The highest BCUT2D eigenvalue weighted by Gasteiger charge is 2.09. The Kier molecular flexibility index (Phi) is 5.80. The van der Waals surface area contributed by atoms with Crippen LogP contribution in [0.1, 0.15) is 12.5 Å². The van der Waals surface area contributed by atoms with E-state index >= 15 is 0 Å². The Balaban J connectivity index is 2.79. The first kappa shape index (κ1) is 15.5. The molecule has 0 aliphatic carbocycles. The molecule has 0 saturated heterocycles. The largest absolute Gasteiger partial charge is 0.491 e. The standard InChI is InChI=1S/C13H15FO4S/c1-2-19(16,17)9-8-18-13-10-12(14)6-5-11(13)4-3-7-15/h5-6,10,15H,2,7-9H2,1H3. The molecule has 0 bridgehead atoms. The average Bonchev–Trinajstić information content (AvgIpc) is 2.38. The first-order valence-electron chi connectivity index (χ1n) is 5.71. The number of sulfone groups is 1. The third-order valence-electron chi connectivity index (χ3n) is 2.34. The Morgan fingerprint density at radius 3 is 2.79 bits per heavy atom. The fraction of sp³-hybridized carbons (Fsp3) is 0.385. The van der Waals surface area contributed by atoms with Gasteiger partial charge in [0.25, 0.3) is 0 Å². The summed E-state index contributed by atoms with van der Waals surface area (Å²) < 4.78 is 40.9. The molecular weight excluding hydrogens is 271 g/mol. The molecule has 0 spiro atoms. The fourth-order valence-corrected chi connectivity index (χ4v) is 1.90. The van der Waals surface area contributed by atoms with Gasteiger partial charge in [-0.15, -0.1) is 0 Å². The SMILES string of the molecule is CCS(=O)(=O)CCOc1cc(F)ccc1C#CCO. The van der Waals surface area contributed by atoms with Crippen LogP contribution >= 0.6 is 0 Å². The molecule has 0 heterocycles. The molecule has 1 aromatic carbocycles. The number of rotatable bonds is 5. The Morgan fingerprint density at radius 1 is 1.42 bits per heavy atom. The number of aliphatic hydroxyl groups is 1. The zero-order chi connectivity index (χ0) is 14.3. The molecule has 0 aliphatic heterocycles. The first-order chi connectivity index (χ1) is 8.98. The minimum absolute atomic E-state index is 0.0384. The van der Waals surface area contributed by atoms with E-state index in [1.165, 1.54) is 12.1 Å². The molecule has 1 N–H and O–H groups in total. The molecule has 0 unspecified atom stereocenters. The van der Waals surface area contributed by atoms with E-state index in [9.17, 15) is 12.8 Å². The summed E-state index contributed by atoms with van der Waals surface area (Å²) in [7, 11) is -3.12. The summed E-state index contributed by atoms with van der Waals surface area (Å²) in [6.45, 7) is 1.17. The zero-order valence-electron chi connectivity index (χ0n) is 10.5. The highest BCUT2D eigenvalue weighted by atomic mass is 32.2. The molecule has 0 fully saturated rings. The van der Waals surface area contributed by atoms with E-state index in [4.69, 9.17) is 9.84 Å². The van der Waals surface area contributed by atoms with Crippen LogP contribution in [0.2, 0.25) is 0 Å². The first-order valence-corrected chi connectivity index (χ1v) is 7.53. The van der Waals surface area contributed by atoms with Gasteiger partial charge in [0, 0.05) is 11.8 Å². The molecule has 0 saturated carbocycles. The Hall–Kier alpha value is -1.58. The van der Waals surface area contributed by atoms with Crippen LogP contribution in [0.3, 0.4) is 0 Å². The van der Waals surface area contributed by atoms with Gasteiger partial charge in [0.05, 0.1) is 11.3 Å². The Bertz CT molecular complexity index is 584. The summed E-state index contributed by atoms with van der Waals surface area (Å²) in [4.78, 5) is 0. The van der Waals surface area contributed by atoms with Crippen molar-refractivity contribution in [2.45, 2.75) is 6.92 Å². The lowest BCUT2D eigenvalue weighted by molar-refractivity contribution is 0.338. The van der Waals surface area contributed by atoms with Crippen LogP contribution in [-0.2, 0) is 9.84 Å². The maximum Gasteiger partial charge on any atom is 0.153 e. The van der Waals surface area contributed by atoms with Gasteiger partial charge in [-0.05, 0) is 12.1 Å². The van der Waals surface area contributed by atoms with Crippen LogP contribution in [0.5, 0.6) is 5.75 Å². The Morgan fingerprint density at radius 2 is 2.16 bits per heavy atom. The normalized spacial score (nSPS) is 10.7. The van der Waals surface area contributed by atoms with Crippen molar-refractivity contribution in [3.63, 3.8) is 0 Å². The van der Waals surface area contributed by atoms with Crippen molar-refractivity contribution in [3.05, 3.63) is 29.6 Å². The summed E-state index contributed by atoms with van der Waals surface area (Å²) in [5.41, 5.74) is 0.407. The van der Waals surface area contributed by atoms with Crippen LogP contribution in [0.4, 0.5) is 4.39 Å². The molecule has 0 atom stereocenters. The van der Waals surface area contributed by atoms with Gasteiger partial charge in [-0.1, -0.05) is 18.8 Å². The van der Waals surface area contributed by atoms with Crippen molar-refractivity contribution in [3.8, 4) is 17.6 Å². The number of halogens is 1. The third-order valence-corrected chi connectivity index (χ3v) is 4.01. The van der Waals surface area contributed by atoms with Crippen LogP contribution in [0.25, 0.3) is 0 Å². The van der Waals surface area contributed by atoms with Gasteiger partial charge in [-0.3, -0.25) is 0 Å². The summed E-state index contributed by atoms with van der Waals surface area (Å²) in [6.07, 6.45) is 0. The van der Waals surface area contributed by atoms with Gasteiger partial charge in [-0.2, -0.15) is 0 Å². The minimum atomic E-state index is -3.12. The molecule has 104 valence electrons. The summed E-state index contributed by atoms with van der Waals surface area (Å²) in [6, 6.07) is 3.78. The van der Waals surface area contributed by atoms with E-state index in [0.717, 1.165) is 6.07 Å². The molecule has 4 nitrogen and oxygen atoms in total. The van der Waals surface area contributed by atoms with Crippen LogP contribution in [0.15, 0.2) is 18.2 Å². The lowest BCUT2D eigenvalue weighted by Gasteiger charge is -2.08. The maximum absolute atomic E-state index is 13.1. The van der Waals surface area contributed by atoms with Crippen molar-refractivity contribution in [1.29, 1.82) is 0 Å². The Labute approximate surface area is 112 Å². The fourth-order valence-electron chi connectivity index (χ4n) is 1.28. The maximum atomic E-state index is 13.1. The second-order valence-corrected chi connectivity index (χ2v) is 6.16. The molecule has 0 aliphatic rings. The van der Waals surface area contributed by atoms with Crippen LogP contribution in [-0.4, -0.2) is 38.2 Å². The van der Waals surface area contributed by atoms with Gasteiger partial charge in [0.1, 0.15) is 24.8 Å². The van der Waals surface area contributed by atoms with Crippen molar-refractivity contribution in [1.82, 2.24) is 0 Å². The van der Waals surface area contributed by atoms with Crippen molar-refractivity contribution in [2.24, 2.45) is 0 Å². The molecule has 6 heteroatoms. The number of hydrogen-bond acceptors (Lipinski definition) is 4. The monoisotopic (exact) mass is 286 g/mol. The minimum Gasteiger partial charge on any atom is -0.491 e. The predicted molar refractivity (Wildman–Crippen MR) is 70.2 cm³/mol. The lowest BCUT2D eigenvalue weighted by Crippen LogP contribution is -2.16. The molecule has 0 radical (unpaired) electrons. The van der Waals surface area contributed by atoms with Crippen molar-refractivity contribution in [2.75, 3.05) is 24.7 Å². The second-order valence-electron chi connectivity index (χ2n) is 3.69. The number of hydrogen-bond donors (Lipinski definition) is 1. The van der Waals surface area contributed by atoms with Crippen LogP contribution in [0, 0.1) is 17.7 Å². The van der Waals surface area contributed by atoms with Crippen LogP contribution < -0.4 is 4.74 Å². The van der Waals surface area contributed by atoms with Crippen molar-refractivity contribution < 1.29 is 22.7 Å². The number of benzene rings is 1. The van der Waals surface area contributed by atoms with Gasteiger partial charge < -0.3 is 9.84 Å². The summed E-state index contributed by atoms with van der Waals surface area (Å²) >= 11 is 0. The molecule has 1 aromatic rings. The van der Waals surface area contributed by atoms with Gasteiger partial charge in [-0.25, -0.2) is 12.8 Å². The second kappa shape index (κ2) is 7.12. The lowest BCUT2D eigenvalue weighted by atomic mass is 10.2. The van der Waals surface area contributed by atoms with E-state index < -0.39 is 15.7 Å². The zero-order valence-corrected chi connectivity index (χ0v) is 11.3. The smallest absolute Gasteiger partial charge is 0.153 e. The molecule has 19 heavy (non-hydrogen) atoms.